The maximum absolute atomic E-state index is 11.2. The lowest BCUT2D eigenvalue weighted by atomic mass is 10.0. The number of halogens is 1. The van der Waals surface area contributed by atoms with E-state index in [4.69, 9.17) is 5.73 Å². The number of hydrogen-bond donors (Lipinski definition) is 1. The molecule has 1 rings (SSSR count). The van der Waals surface area contributed by atoms with Crippen molar-refractivity contribution in [3.05, 3.63) is 35.4 Å². The van der Waals surface area contributed by atoms with Crippen LogP contribution < -0.4 is 5.73 Å². The van der Waals surface area contributed by atoms with Crippen molar-refractivity contribution in [1.29, 1.82) is 0 Å². The van der Waals surface area contributed by atoms with Crippen molar-refractivity contribution in [3.63, 3.8) is 0 Å². The van der Waals surface area contributed by atoms with Crippen molar-refractivity contribution in [2.45, 2.75) is 19.8 Å². The summed E-state index contributed by atoms with van der Waals surface area (Å²) in [6.07, 6.45) is 0. The highest BCUT2D eigenvalue weighted by atomic mass is 35.5. The second-order valence-corrected chi connectivity index (χ2v) is 3.40. The topological polar surface area (TPSA) is 43.1 Å². The molecule has 0 heterocycles. The van der Waals surface area contributed by atoms with Gasteiger partial charge in [-0.3, -0.25) is 4.79 Å². The molecule has 0 radical (unpaired) electrons. The van der Waals surface area contributed by atoms with Crippen molar-refractivity contribution >= 4 is 18.2 Å². The predicted octanol–water partition coefficient (Wildman–Crippen LogP) is 2.37. The van der Waals surface area contributed by atoms with Crippen molar-refractivity contribution in [2.75, 3.05) is 6.54 Å². The molecule has 14 heavy (non-hydrogen) atoms. The maximum Gasteiger partial charge on any atom is 0.176 e. The Labute approximate surface area is 90.9 Å². The summed E-state index contributed by atoms with van der Waals surface area (Å²) < 4.78 is 0. The number of nitrogens with two attached hydrogens (primary N) is 1. The Morgan fingerprint density at radius 3 is 2.14 bits per heavy atom. The van der Waals surface area contributed by atoms with E-state index in [0.717, 1.165) is 0 Å². The first-order chi connectivity index (χ1) is 6.15. The first-order valence-corrected chi connectivity index (χ1v) is 4.48. The SMILES string of the molecule is CC(C)c1ccc(C(=O)CN)cc1.Cl. The van der Waals surface area contributed by atoms with Gasteiger partial charge in [0.15, 0.2) is 5.78 Å². The summed E-state index contributed by atoms with van der Waals surface area (Å²) >= 11 is 0. The van der Waals surface area contributed by atoms with E-state index in [1.54, 1.807) is 0 Å². The zero-order valence-electron chi connectivity index (χ0n) is 8.49. The summed E-state index contributed by atoms with van der Waals surface area (Å²) in [5.74, 6) is 0.498. The van der Waals surface area contributed by atoms with Crippen molar-refractivity contribution in [3.8, 4) is 0 Å². The van der Waals surface area contributed by atoms with Crippen LogP contribution in [0.3, 0.4) is 0 Å². The molecule has 0 spiro atoms. The van der Waals surface area contributed by atoms with Crippen molar-refractivity contribution < 1.29 is 4.79 Å². The van der Waals surface area contributed by atoms with Gasteiger partial charge in [0, 0.05) is 5.56 Å². The lowest BCUT2D eigenvalue weighted by Gasteiger charge is -2.05. The van der Waals surface area contributed by atoms with E-state index in [9.17, 15) is 4.79 Å². The molecule has 0 aliphatic heterocycles. The minimum atomic E-state index is -0.00435. The third-order valence-corrected chi connectivity index (χ3v) is 2.08. The van der Waals surface area contributed by atoms with Gasteiger partial charge in [-0.1, -0.05) is 38.1 Å². The number of benzene rings is 1. The lowest BCUT2D eigenvalue weighted by molar-refractivity contribution is 0.100. The molecule has 2 N–H and O–H groups in total. The molecule has 2 nitrogen and oxygen atoms in total. The van der Waals surface area contributed by atoms with Crippen LogP contribution in [0.1, 0.15) is 35.7 Å². The number of Topliss-reactive ketones (excluding diaryl/α,β-unsaturated/α-hetero) is 1. The lowest BCUT2D eigenvalue weighted by Crippen LogP contribution is -2.13. The number of carbonyl (C=O) groups is 1. The molecule has 1 aromatic carbocycles. The molecular formula is C11H16ClNO. The van der Waals surface area contributed by atoms with Crippen LogP contribution in [0.5, 0.6) is 0 Å². The minimum absolute atomic E-state index is 0. The fourth-order valence-electron chi connectivity index (χ4n) is 1.17. The van der Waals surface area contributed by atoms with Gasteiger partial charge < -0.3 is 5.73 Å². The van der Waals surface area contributed by atoms with Crippen molar-refractivity contribution in [1.82, 2.24) is 0 Å². The predicted molar refractivity (Wildman–Crippen MR) is 61.2 cm³/mol. The molecule has 0 aliphatic carbocycles. The second-order valence-electron chi connectivity index (χ2n) is 3.40. The fourth-order valence-corrected chi connectivity index (χ4v) is 1.17. The number of hydrogen-bond acceptors (Lipinski definition) is 2. The average Bonchev–Trinajstić information content (AvgIpc) is 2.17. The molecule has 1 aromatic rings. The summed E-state index contributed by atoms with van der Waals surface area (Å²) in [4.78, 5) is 11.2. The smallest absolute Gasteiger partial charge is 0.176 e. The first kappa shape index (κ1) is 13.1. The summed E-state index contributed by atoms with van der Waals surface area (Å²) in [5, 5.41) is 0. The van der Waals surface area contributed by atoms with Gasteiger partial charge >= 0.3 is 0 Å². The summed E-state index contributed by atoms with van der Waals surface area (Å²) in [6.45, 7) is 4.33. The highest BCUT2D eigenvalue weighted by molar-refractivity contribution is 5.97. The van der Waals surface area contributed by atoms with E-state index in [0.29, 0.717) is 11.5 Å². The van der Waals surface area contributed by atoms with Crippen LogP contribution >= 0.6 is 12.4 Å². The van der Waals surface area contributed by atoms with Crippen LogP contribution in [0.25, 0.3) is 0 Å². The number of rotatable bonds is 3. The molecule has 3 heteroatoms. The molecule has 0 aromatic heterocycles. The first-order valence-electron chi connectivity index (χ1n) is 4.48. The Bertz CT molecular complexity index is 293. The zero-order valence-corrected chi connectivity index (χ0v) is 9.30. The van der Waals surface area contributed by atoms with Gasteiger partial charge in [-0.05, 0) is 11.5 Å². The highest BCUT2D eigenvalue weighted by Gasteiger charge is 2.03. The molecule has 0 saturated heterocycles. The van der Waals surface area contributed by atoms with Gasteiger partial charge in [0.2, 0.25) is 0 Å². The molecule has 0 saturated carbocycles. The van der Waals surface area contributed by atoms with Gasteiger partial charge in [0.1, 0.15) is 0 Å². The van der Waals surface area contributed by atoms with E-state index >= 15 is 0 Å². The second kappa shape index (κ2) is 5.78. The quantitative estimate of drug-likeness (QED) is 0.784. The molecule has 0 amide bonds. The van der Waals surface area contributed by atoms with E-state index in [1.807, 2.05) is 24.3 Å². The van der Waals surface area contributed by atoms with Gasteiger partial charge in [0.05, 0.1) is 6.54 Å². The summed E-state index contributed by atoms with van der Waals surface area (Å²) in [6, 6.07) is 7.64. The maximum atomic E-state index is 11.2. The third kappa shape index (κ3) is 3.13. The summed E-state index contributed by atoms with van der Waals surface area (Å²) in [5.41, 5.74) is 7.20. The van der Waals surface area contributed by atoms with Gasteiger partial charge in [-0.25, -0.2) is 0 Å². The Morgan fingerprint density at radius 2 is 1.79 bits per heavy atom. The molecular weight excluding hydrogens is 198 g/mol. The average molecular weight is 214 g/mol. The van der Waals surface area contributed by atoms with Crippen LogP contribution in [0.15, 0.2) is 24.3 Å². The number of carbonyl (C=O) groups excluding carboxylic acids is 1. The monoisotopic (exact) mass is 213 g/mol. The highest BCUT2D eigenvalue weighted by Crippen LogP contribution is 2.14. The minimum Gasteiger partial charge on any atom is -0.324 e. The normalized spacial score (nSPS) is 9.71. The van der Waals surface area contributed by atoms with Crippen LogP contribution in [-0.4, -0.2) is 12.3 Å². The Balaban J connectivity index is 0.00000169. The molecule has 0 bridgehead atoms. The summed E-state index contributed by atoms with van der Waals surface area (Å²) in [7, 11) is 0. The molecule has 0 atom stereocenters. The largest absolute Gasteiger partial charge is 0.324 e. The molecule has 0 unspecified atom stereocenters. The van der Waals surface area contributed by atoms with E-state index in [-0.39, 0.29) is 24.7 Å². The molecule has 78 valence electrons. The van der Waals surface area contributed by atoms with E-state index in [2.05, 4.69) is 13.8 Å². The third-order valence-electron chi connectivity index (χ3n) is 2.08. The standard InChI is InChI=1S/C11H15NO.ClH/c1-8(2)9-3-5-10(6-4-9)11(13)7-12;/h3-6,8H,7,12H2,1-2H3;1H. The van der Waals surface area contributed by atoms with Gasteiger partial charge in [-0.2, -0.15) is 0 Å². The molecule has 0 fully saturated rings. The van der Waals surface area contributed by atoms with Gasteiger partial charge in [-0.15, -0.1) is 12.4 Å². The van der Waals surface area contributed by atoms with Crippen LogP contribution in [0, 0.1) is 0 Å². The Kier molecular flexibility index (Phi) is 5.43. The van der Waals surface area contributed by atoms with E-state index in [1.165, 1.54) is 5.56 Å². The Hall–Kier alpha value is -0.860. The van der Waals surface area contributed by atoms with Gasteiger partial charge in [0.25, 0.3) is 0 Å². The van der Waals surface area contributed by atoms with E-state index < -0.39 is 0 Å². The molecule has 0 aliphatic rings. The number of ketones is 1. The fraction of sp³-hybridized carbons (Fsp3) is 0.364. The Morgan fingerprint density at radius 1 is 1.29 bits per heavy atom. The van der Waals surface area contributed by atoms with Crippen LogP contribution in [-0.2, 0) is 0 Å². The van der Waals surface area contributed by atoms with Crippen LogP contribution in [0.2, 0.25) is 0 Å². The van der Waals surface area contributed by atoms with Crippen LogP contribution in [0.4, 0.5) is 0 Å². The zero-order chi connectivity index (χ0) is 9.84. The van der Waals surface area contributed by atoms with Crippen molar-refractivity contribution in [2.24, 2.45) is 5.73 Å².